The average Bonchev–Trinajstić information content (AvgIpc) is 2.08. The summed E-state index contributed by atoms with van der Waals surface area (Å²) in [7, 11) is 1.74. The molecule has 0 bridgehead atoms. The maximum Gasteiger partial charge on any atom is 0.237 e. The maximum atomic E-state index is 5.82. The summed E-state index contributed by atoms with van der Waals surface area (Å²) in [6, 6.07) is 0. The molecule has 0 saturated heterocycles. The average molecular weight is 202 g/mol. The van der Waals surface area contributed by atoms with Crippen LogP contribution in [0, 0.1) is 0 Å². The molecule has 1 rings (SSSR count). The fraction of sp³-hybridized carbons (Fsp3) is 0.500. The molecule has 13 heavy (non-hydrogen) atoms. The van der Waals surface area contributed by atoms with Crippen LogP contribution in [0.2, 0.25) is 5.02 Å². The molecule has 0 unspecified atom stereocenters. The molecule has 0 aliphatic rings. The summed E-state index contributed by atoms with van der Waals surface area (Å²) in [5.41, 5.74) is 0. The summed E-state index contributed by atoms with van der Waals surface area (Å²) in [6.07, 6.45) is 1.56. The van der Waals surface area contributed by atoms with Crippen LogP contribution in [0.1, 0.15) is 13.8 Å². The van der Waals surface area contributed by atoms with Crippen LogP contribution in [0.3, 0.4) is 0 Å². The monoisotopic (exact) mass is 201 g/mol. The molecule has 0 atom stereocenters. The lowest BCUT2D eigenvalue weighted by Gasteiger charge is -2.10. The molecule has 0 aliphatic carbocycles. The van der Waals surface area contributed by atoms with Gasteiger partial charge in [-0.05, 0) is 13.8 Å². The second kappa shape index (κ2) is 4.28. The summed E-state index contributed by atoms with van der Waals surface area (Å²) in [5, 5.41) is 3.23. The Kier molecular flexibility index (Phi) is 3.31. The highest BCUT2D eigenvalue weighted by molar-refractivity contribution is 6.31. The Hall–Kier alpha value is -1.03. The number of halogens is 1. The highest BCUT2D eigenvalue weighted by atomic mass is 35.5. The quantitative estimate of drug-likeness (QED) is 0.812. The summed E-state index contributed by atoms with van der Waals surface area (Å²) in [6.45, 7) is 3.83. The van der Waals surface area contributed by atoms with E-state index in [9.17, 15) is 0 Å². The van der Waals surface area contributed by atoms with E-state index in [0.29, 0.717) is 16.9 Å². The molecule has 1 N–H and O–H groups in total. The molecule has 0 aliphatic heterocycles. The number of nitrogens with one attached hydrogen (secondary N) is 1. The number of nitrogens with zero attached hydrogens (tertiary/aromatic N) is 2. The van der Waals surface area contributed by atoms with Crippen molar-refractivity contribution in [2.24, 2.45) is 0 Å². The van der Waals surface area contributed by atoms with Crippen molar-refractivity contribution in [2.45, 2.75) is 20.0 Å². The predicted molar refractivity (Wildman–Crippen MR) is 52.4 cm³/mol. The summed E-state index contributed by atoms with van der Waals surface area (Å²) in [5.74, 6) is 0.913. The summed E-state index contributed by atoms with van der Waals surface area (Å²) < 4.78 is 5.36. The maximum absolute atomic E-state index is 5.82. The number of hydrogen-bond acceptors (Lipinski definition) is 4. The van der Waals surface area contributed by atoms with Crippen LogP contribution in [0.15, 0.2) is 6.20 Å². The number of anilines is 1. The van der Waals surface area contributed by atoms with E-state index in [0.717, 1.165) is 0 Å². The third-order valence-corrected chi connectivity index (χ3v) is 1.54. The first-order valence-electron chi connectivity index (χ1n) is 4.00. The van der Waals surface area contributed by atoms with Crippen molar-refractivity contribution in [1.82, 2.24) is 9.97 Å². The van der Waals surface area contributed by atoms with Crippen LogP contribution in [-0.2, 0) is 0 Å². The van der Waals surface area contributed by atoms with Gasteiger partial charge in [0.2, 0.25) is 11.8 Å². The van der Waals surface area contributed by atoms with Gasteiger partial charge in [-0.15, -0.1) is 0 Å². The van der Waals surface area contributed by atoms with Crippen LogP contribution >= 0.6 is 11.6 Å². The van der Waals surface area contributed by atoms with Gasteiger partial charge < -0.3 is 10.1 Å². The molecular weight excluding hydrogens is 190 g/mol. The lowest BCUT2D eigenvalue weighted by Crippen LogP contribution is -2.08. The highest BCUT2D eigenvalue weighted by Gasteiger charge is 2.06. The molecule has 4 nitrogen and oxygen atoms in total. The molecule has 0 fully saturated rings. The number of aromatic nitrogens is 2. The third kappa shape index (κ3) is 2.73. The van der Waals surface area contributed by atoms with Gasteiger partial charge in [-0.2, -0.15) is 4.98 Å². The largest absolute Gasteiger partial charge is 0.474 e. The van der Waals surface area contributed by atoms with Crippen molar-refractivity contribution < 1.29 is 4.74 Å². The SMILES string of the molecule is CNc1ncc(Cl)c(OC(C)C)n1. The molecule has 0 aromatic carbocycles. The predicted octanol–water partition coefficient (Wildman–Crippen LogP) is 1.96. The van der Waals surface area contributed by atoms with Gasteiger partial charge in [-0.25, -0.2) is 4.98 Å². The van der Waals surface area contributed by atoms with E-state index in [-0.39, 0.29) is 6.10 Å². The Morgan fingerprint density at radius 2 is 2.23 bits per heavy atom. The van der Waals surface area contributed by atoms with E-state index in [1.54, 1.807) is 7.05 Å². The van der Waals surface area contributed by atoms with E-state index in [4.69, 9.17) is 16.3 Å². The molecule has 1 aromatic heterocycles. The van der Waals surface area contributed by atoms with Gasteiger partial charge in [0.15, 0.2) is 0 Å². The molecule has 0 radical (unpaired) electrons. The Bertz CT molecular complexity index is 291. The highest BCUT2D eigenvalue weighted by Crippen LogP contribution is 2.22. The fourth-order valence-electron chi connectivity index (χ4n) is 0.778. The first kappa shape index (κ1) is 10.1. The zero-order valence-corrected chi connectivity index (χ0v) is 8.59. The number of hydrogen-bond donors (Lipinski definition) is 1. The fourth-order valence-corrected chi connectivity index (χ4v) is 0.913. The molecule has 0 saturated carbocycles. The topological polar surface area (TPSA) is 47.0 Å². The van der Waals surface area contributed by atoms with Crippen molar-refractivity contribution in [3.8, 4) is 5.88 Å². The van der Waals surface area contributed by atoms with Crippen molar-refractivity contribution in [1.29, 1.82) is 0 Å². The van der Waals surface area contributed by atoms with Crippen LogP contribution < -0.4 is 10.1 Å². The second-order valence-electron chi connectivity index (χ2n) is 2.76. The van der Waals surface area contributed by atoms with Crippen LogP contribution in [0.25, 0.3) is 0 Å². The molecule has 5 heteroatoms. The first-order valence-corrected chi connectivity index (χ1v) is 4.38. The van der Waals surface area contributed by atoms with E-state index >= 15 is 0 Å². The Morgan fingerprint density at radius 3 is 2.77 bits per heavy atom. The van der Waals surface area contributed by atoms with Gasteiger partial charge in [-0.1, -0.05) is 11.6 Å². The normalized spacial score (nSPS) is 10.2. The van der Waals surface area contributed by atoms with Gasteiger partial charge in [-0.3, -0.25) is 0 Å². The van der Waals surface area contributed by atoms with E-state index in [2.05, 4.69) is 15.3 Å². The molecule has 0 spiro atoms. The smallest absolute Gasteiger partial charge is 0.237 e. The van der Waals surface area contributed by atoms with Crippen molar-refractivity contribution in [3.05, 3.63) is 11.2 Å². The van der Waals surface area contributed by atoms with Crippen molar-refractivity contribution in [2.75, 3.05) is 12.4 Å². The Balaban J connectivity index is 2.90. The minimum atomic E-state index is 0.0529. The summed E-state index contributed by atoms with van der Waals surface area (Å²) in [4.78, 5) is 7.99. The Labute approximate surface area is 82.3 Å². The van der Waals surface area contributed by atoms with Crippen LogP contribution in [-0.4, -0.2) is 23.1 Å². The van der Waals surface area contributed by atoms with Crippen molar-refractivity contribution in [3.63, 3.8) is 0 Å². The zero-order valence-electron chi connectivity index (χ0n) is 7.84. The number of rotatable bonds is 3. The lowest BCUT2D eigenvalue weighted by atomic mass is 10.5. The molecule has 0 amide bonds. The van der Waals surface area contributed by atoms with E-state index in [1.807, 2.05) is 13.8 Å². The van der Waals surface area contributed by atoms with Crippen molar-refractivity contribution >= 4 is 17.5 Å². The van der Waals surface area contributed by atoms with Crippen LogP contribution in [0.5, 0.6) is 5.88 Å². The van der Waals surface area contributed by atoms with Gasteiger partial charge in [0.25, 0.3) is 0 Å². The first-order chi connectivity index (χ1) is 6.13. The zero-order chi connectivity index (χ0) is 9.84. The van der Waals surface area contributed by atoms with E-state index in [1.165, 1.54) is 6.20 Å². The van der Waals surface area contributed by atoms with Gasteiger partial charge in [0.05, 0.1) is 12.3 Å². The molecule has 1 heterocycles. The van der Waals surface area contributed by atoms with Gasteiger partial charge in [0.1, 0.15) is 5.02 Å². The third-order valence-electron chi connectivity index (χ3n) is 1.28. The standard InChI is InChI=1S/C8H12ClN3O/c1-5(2)13-7-6(9)4-11-8(10-3)12-7/h4-5H,1-3H3,(H,10,11,12). The molecular formula is C8H12ClN3O. The lowest BCUT2D eigenvalue weighted by molar-refractivity contribution is 0.233. The van der Waals surface area contributed by atoms with Gasteiger partial charge >= 0.3 is 0 Å². The second-order valence-corrected chi connectivity index (χ2v) is 3.17. The van der Waals surface area contributed by atoms with Crippen LogP contribution in [0.4, 0.5) is 5.95 Å². The summed E-state index contributed by atoms with van der Waals surface area (Å²) >= 11 is 5.82. The Morgan fingerprint density at radius 1 is 1.54 bits per heavy atom. The minimum absolute atomic E-state index is 0.0529. The van der Waals surface area contributed by atoms with E-state index < -0.39 is 0 Å². The molecule has 1 aromatic rings. The van der Waals surface area contributed by atoms with Gasteiger partial charge in [0, 0.05) is 7.05 Å². The number of ether oxygens (including phenoxy) is 1. The minimum Gasteiger partial charge on any atom is -0.474 e. The molecule has 72 valence electrons.